The van der Waals surface area contributed by atoms with E-state index < -0.39 is 52.5 Å². The average Bonchev–Trinajstić information content (AvgIpc) is 3.23. The number of carbonyl (C=O) groups excluding carboxylic acids is 2. The molecule has 2 bridgehead atoms. The minimum absolute atomic E-state index is 0.0332. The first-order chi connectivity index (χ1) is 19.1. The lowest BCUT2D eigenvalue weighted by Gasteiger charge is -2.42. The fraction of sp³-hybridized carbons (Fsp3) is 0.500. The Morgan fingerprint density at radius 1 is 1.25 bits per heavy atom. The monoisotopic (exact) mass is 560 g/mol. The number of rotatable bonds is 7. The predicted molar refractivity (Wildman–Crippen MR) is 139 cm³/mol. The molecule has 3 atom stereocenters. The summed E-state index contributed by atoms with van der Waals surface area (Å²) in [6.45, 7) is 5.54. The summed E-state index contributed by atoms with van der Waals surface area (Å²) in [4.78, 5) is 48.4. The third-order valence-electron chi connectivity index (χ3n) is 7.94. The standard InChI is InChI=1S/C28H31F3N4O5/c1-4-5-8-39-25-23-27(38)34-14-22(28(7-6-16(34)3)11-15(2)33-40-28)35(23)13-19(24(25)36)26(37)32-12-18-20(30)9-17(29)10-21(18)31/h9-10,13,16,22H,4-8,11-12,14H2,1-3H3,(H,32,37)/t16-,22+,28+/m0/s1. The van der Waals surface area contributed by atoms with Crippen LogP contribution in [0.3, 0.4) is 0 Å². The molecule has 1 aromatic heterocycles. The van der Waals surface area contributed by atoms with Crippen molar-refractivity contribution in [2.24, 2.45) is 5.16 Å². The zero-order chi connectivity index (χ0) is 28.8. The summed E-state index contributed by atoms with van der Waals surface area (Å²) in [7, 11) is 0. The van der Waals surface area contributed by atoms with Crippen molar-refractivity contribution in [3.05, 3.63) is 62.8 Å². The van der Waals surface area contributed by atoms with Gasteiger partial charge in [0, 0.05) is 49.4 Å². The number of amides is 2. The van der Waals surface area contributed by atoms with Gasteiger partial charge in [0.1, 0.15) is 23.0 Å². The van der Waals surface area contributed by atoms with Gasteiger partial charge >= 0.3 is 0 Å². The summed E-state index contributed by atoms with van der Waals surface area (Å²) < 4.78 is 49.1. The highest BCUT2D eigenvalue weighted by atomic mass is 19.1. The summed E-state index contributed by atoms with van der Waals surface area (Å²) in [6, 6.07) is 0.398. The molecule has 1 saturated heterocycles. The highest BCUT2D eigenvalue weighted by Gasteiger charge is 2.53. The number of nitrogens with zero attached hydrogens (tertiary/aromatic N) is 3. The van der Waals surface area contributed by atoms with Crippen molar-refractivity contribution in [1.82, 2.24) is 14.8 Å². The van der Waals surface area contributed by atoms with Gasteiger partial charge in [0.25, 0.3) is 11.8 Å². The summed E-state index contributed by atoms with van der Waals surface area (Å²) in [6.07, 6.45) is 4.42. The van der Waals surface area contributed by atoms with Gasteiger partial charge in [0.2, 0.25) is 5.43 Å². The molecule has 12 heteroatoms. The quantitative estimate of drug-likeness (QED) is 0.514. The molecule has 0 radical (unpaired) electrons. The minimum Gasteiger partial charge on any atom is -0.487 e. The molecule has 5 rings (SSSR count). The number of hydrogen-bond acceptors (Lipinski definition) is 6. The number of benzene rings is 1. The van der Waals surface area contributed by atoms with E-state index in [0.29, 0.717) is 37.8 Å². The first-order valence-corrected chi connectivity index (χ1v) is 13.4. The van der Waals surface area contributed by atoms with Crippen LogP contribution in [0.25, 0.3) is 0 Å². The number of oxime groups is 1. The van der Waals surface area contributed by atoms with Gasteiger partial charge in [-0.3, -0.25) is 14.4 Å². The van der Waals surface area contributed by atoms with Crippen LogP contribution in [0.2, 0.25) is 0 Å². The molecular formula is C28H31F3N4O5. The molecule has 1 N–H and O–H groups in total. The number of ether oxygens (including phenoxy) is 1. The fourth-order valence-electron chi connectivity index (χ4n) is 5.73. The average molecular weight is 561 g/mol. The van der Waals surface area contributed by atoms with Crippen LogP contribution in [0, 0.1) is 17.5 Å². The Morgan fingerprint density at radius 2 is 1.98 bits per heavy atom. The van der Waals surface area contributed by atoms with Crippen LogP contribution < -0.4 is 15.5 Å². The van der Waals surface area contributed by atoms with E-state index >= 15 is 0 Å². The lowest BCUT2D eigenvalue weighted by molar-refractivity contribution is -0.0656. The Balaban J connectivity index is 1.60. The number of pyridine rings is 1. The van der Waals surface area contributed by atoms with E-state index in [-0.39, 0.29) is 42.1 Å². The summed E-state index contributed by atoms with van der Waals surface area (Å²) in [5.74, 6) is -4.99. The molecule has 1 spiro atoms. The smallest absolute Gasteiger partial charge is 0.274 e. The topological polar surface area (TPSA) is 102 Å². The third kappa shape index (κ3) is 4.73. The van der Waals surface area contributed by atoms with E-state index in [4.69, 9.17) is 9.57 Å². The largest absolute Gasteiger partial charge is 0.487 e. The molecule has 9 nitrogen and oxygen atoms in total. The van der Waals surface area contributed by atoms with Crippen LogP contribution >= 0.6 is 0 Å². The molecular weight excluding hydrogens is 529 g/mol. The predicted octanol–water partition coefficient (Wildman–Crippen LogP) is 4.09. The number of aromatic nitrogens is 1. The van der Waals surface area contributed by atoms with Crippen molar-refractivity contribution >= 4 is 17.5 Å². The Morgan fingerprint density at radius 3 is 2.62 bits per heavy atom. The maximum Gasteiger partial charge on any atom is 0.274 e. The van der Waals surface area contributed by atoms with Gasteiger partial charge < -0.3 is 24.4 Å². The highest BCUT2D eigenvalue weighted by Crippen LogP contribution is 2.46. The first kappa shape index (κ1) is 27.7. The zero-order valence-corrected chi connectivity index (χ0v) is 22.6. The van der Waals surface area contributed by atoms with Crippen LogP contribution in [0.15, 0.2) is 28.3 Å². The molecule has 0 aliphatic carbocycles. The van der Waals surface area contributed by atoms with Gasteiger partial charge in [-0.15, -0.1) is 0 Å². The number of carbonyl (C=O) groups is 2. The molecule has 2 aromatic rings. The van der Waals surface area contributed by atoms with Gasteiger partial charge in [-0.25, -0.2) is 13.2 Å². The van der Waals surface area contributed by atoms with Crippen LogP contribution in [-0.2, 0) is 11.4 Å². The van der Waals surface area contributed by atoms with Crippen molar-refractivity contribution in [1.29, 1.82) is 0 Å². The Bertz CT molecular complexity index is 1440. The van der Waals surface area contributed by atoms with Crippen molar-refractivity contribution in [2.75, 3.05) is 13.2 Å². The van der Waals surface area contributed by atoms with Gasteiger partial charge in [-0.2, -0.15) is 0 Å². The fourth-order valence-corrected chi connectivity index (χ4v) is 5.73. The van der Waals surface area contributed by atoms with E-state index in [1.807, 2.05) is 20.8 Å². The number of hydrogen-bond donors (Lipinski definition) is 1. The maximum absolute atomic E-state index is 14.2. The molecule has 40 heavy (non-hydrogen) atoms. The number of unbranched alkanes of at least 4 members (excludes halogenated alkanes) is 1. The van der Waals surface area contributed by atoms with Gasteiger partial charge in [-0.1, -0.05) is 18.5 Å². The second-order valence-electron chi connectivity index (χ2n) is 10.7. The van der Waals surface area contributed by atoms with Crippen LogP contribution in [-0.4, -0.2) is 51.8 Å². The Labute approximate surface area is 228 Å². The van der Waals surface area contributed by atoms with Crippen LogP contribution in [0.5, 0.6) is 5.75 Å². The molecule has 0 unspecified atom stereocenters. The van der Waals surface area contributed by atoms with Crippen molar-refractivity contribution < 1.29 is 32.3 Å². The van der Waals surface area contributed by atoms with Crippen LogP contribution in [0.1, 0.15) is 85.3 Å². The van der Waals surface area contributed by atoms with Crippen molar-refractivity contribution in [3.8, 4) is 5.75 Å². The molecule has 4 heterocycles. The van der Waals surface area contributed by atoms with E-state index in [1.165, 1.54) is 6.20 Å². The molecule has 214 valence electrons. The first-order valence-electron chi connectivity index (χ1n) is 13.4. The summed E-state index contributed by atoms with van der Waals surface area (Å²) in [5, 5.41) is 6.55. The van der Waals surface area contributed by atoms with E-state index in [0.717, 1.165) is 12.1 Å². The lowest BCUT2D eigenvalue weighted by atomic mass is 9.84. The van der Waals surface area contributed by atoms with Crippen LogP contribution in [0.4, 0.5) is 13.2 Å². The molecule has 0 saturated carbocycles. The normalized spacial score (nSPS) is 23.4. The number of fused-ring (bicyclic) bond motifs is 5. The SMILES string of the molecule is CCCCOc1c2n(cc(C(=O)NCc3c(F)cc(F)cc3F)c1=O)[C@@H]1CN(C2=O)[C@@H](C)CC[C@@]12CC(C)=NO2. The zero-order valence-electron chi connectivity index (χ0n) is 22.6. The molecule has 1 aromatic carbocycles. The van der Waals surface area contributed by atoms with Gasteiger partial charge in [-0.05, 0) is 33.1 Å². The highest BCUT2D eigenvalue weighted by molar-refractivity contribution is 5.99. The summed E-state index contributed by atoms with van der Waals surface area (Å²) in [5.41, 5.74) is -1.70. The maximum atomic E-state index is 14.2. The van der Waals surface area contributed by atoms with E-state index in [9.17, 15) is 27.6 Å². The minimum atomic E-state index is -1.17. The van der Waals surface area contributed by atoms with Gasteiger partial charge in [0.05, 0.1) is 18.4 Å². The van der Waals surface area contributed by atoms with E-state index in [1.54, 1.807) is 9.47 Å². The second kappa shape index (κ2) is 10.6. The molecule has 3 aliphatic heterocycles. The molecule has 2 amide bonds. The summed E-state index contributed by atoms with van der Waals surface area (Å²) >= 11 is 0. The van der Waals surface area contributed by atoms with Crippen molar-refractivity contribution in [3.63, 3.8) is 0 Å². The van der Waals surface area contributed by atoms with Crippen molar-refractivity contribution in [2.45, 2.75) is 77.1 Å². The Kier molecular flexibility index (Phi) is 7.36. The second-order valence-corrected chi connectivity index (χ2v) is 10.7. The lowest BCUT2D eigenvalue weighted by Crippen LogP contribution is -2.52. The number of halogens is 3. The van der Waals surface area contributed by atoms with E-state index in [2.05, 4.69) is 10.5 Å². The van der Waals surface area contributed by atoms with Gasteiger partial charge in [0.15, 0.2) is 17.0 Å². The molecule has 1 fully saturated rings. The molecule has 3 aliphatic rings. The third-order valence-corrected chi connectivity index (χ3v) is 7.94. The Hall–Kier alpha value is -3.83. The number of nitrogens with one attached hydrogen (secondary N) is 1.